The maximum absolute atomic E-state index is 13.1. The predicted octanol–water partition coefficient (Wildman–Crippen LogP) is 2.85. The fraction of sp³-hybridized carbons (Fsp3) is 0.438. The Labute approximate surface area is 130 Å². The van der Waals surface area contributed by atoms with Crippen LogP contribution >= 0.6 is 0 Å². The maximum Gasteiger partial charge on any atom is 0.229 e. The van der Waals surface area contributed by atoms with Gasteiger partial charge in [-0.05, 0) is 24.1 Å². The molecule has 118 valence electrons. The van der Waals surface area contributed by atoms with Crippen LogP contribution in [0.25, 0.3) is 0 Å². The third-order valence-electron chi connectivity index (χ3n) is 3.14. The first-order valence-corrected chi connectivity index (χ1v) is 7.37. The molecule has 0 atom stereocenters. The maximum atomic E-state index is 13.1. The van der Waals surface area contributed by atoms with Crippen LogP contribution in [0.5, 0.6) is 0 Å². The zero-order valence-corrected chi connectivity index (χ0v) is 13.5. The Bertz CT molecular complexity index is 601. The molecule has 1 heterocycles. The Balaban J connectivity index is 2.05. The highest BCUT2D eigenvalue weighted by molar-refractivity contribution is 5.36. The molecule has 0 bridgehead atoms. The van der Waals surface area contributed by atoms with Crippen molar-refractivity contribution in [3.8, 4) is 0 Å². The largest absolute Gasteiger partial charge is 0.354 e. The summed E-state index contributed by atoms with van der Waals surface area (Å²) in [6.45, 7) is 4.73. The first-order valence-electron chi connectivity index (χ1n) is 7.37. The van der Waals surface area contributed by atoms with Gasteiger partial charge in [-0.3, -0.25) is 0 Å². The van der Waals surface area contributed by atoms with Gasteiger partial charge in [0.15, 0.2) is 0 Å². The molecule has 0 aliphatic rings. The molecule has 0 unspecified atom stereocenters. The van der Waals surface area contributed by atoms with E-state index in [-0.39, 0.29) is 11.7 Å². The minimum absolute atomic E-state index is 0.213. The van der Waals surface area contributed by atoms with E-state index >= 15 is 0 Å². The van der Waals surface area contributed by atoms with Crippen LogP contribution < -0.4 is 10.2 Å². The molecular formula is C16H22FN5. The molecule has 5 nitrogen and oxygen atoms in total. The van der Waals surface area contributed by atoms with Crippen molar-refractivity contribution < 1.29 is 4.39 Å². The number of hydrogen-bond acceptors (Lipinski definition) is 5. The molecule has 0 aliphatic heterocycles. The molecule has 2 rings (SSSR count). The average molecular weight is 303 g/mol. The molecule has 2 aromatic rings. The molecule has 0 spiro atoms. The van der Waals surface area contributed by atoms with Gasteiger partial charge in [-0.2, -0.15) is 15.0 Å². The average Bonchev–Trinajstić information content (AvgIpc) is 2.47. The van der Waals surface area contributed by atoms with Crippen molar-refractivity contribution in [3.05, 3.63) is 41.5 Å². The highest BCUT2D eigenvalue weighted by Crippen LogP contribution is 2.15. The van der Waals surface area contributed by atoms with Gasteiger partial charge in [0.1, 0.15) is 11.6 Å². The molecule has 1 aromatic carbocycles. The number of rotatable bonds is 6. The second-order valence-electron chi connectivity index (χ2n) is 5.67. The number of nitrogens with one attached hydrogen (secondary N) is 1. The third kappa shape index (κ3) is 4.38. The summed E-state index contributed by atoms with van der Waals surface area (Å²) in [5.74, 6) is 1.96. The minimum Gasteiger partial charge on any atom is -0.354 e. The van der Waals surface area contributed by atoms with E-state index < -0.39 is 0 Å². The van der Waals surface area contributed by atoms with Gasteiger partial charge in [-0.1, -0.05) is 26.0 Å². The lowest BCUT2D eigenvalue weighted by atomic mass is 10.1. The molecule has 0 saturated carbocycles. The summed E-state index contributed by atoms with van der Waals surface area (Å²) in [5, 5.41) is 3.19. The van der Waals surface area contributed by atoms with Gasteiger partial charge in [0.2, 0.25) is 11.9 Å². The number of halogens is 1. The summed E-state index contributed by atoms with van der Waals surface area (Å²) < 4.78 is 13.1. The summed E-state index contributed by atoms with van der Waals surface area (Å²) in [7, 11) is 3.80. The van der Waals surface area contributed by atoms with Gasteiger partial charge in [-0.15, -0.1) is 0 Å². The Morgan fingerprint density at radius 3 is 2.59 bits per heavy atom. The Morgan fingerprint density at radius 1 is 1.18 bits per heavy atom. The van der Waals surface area contributed by atoms with E-state index in [2.05, 4.69) is 20.3 Å². The highest BCUT2D eigenvalue weighted by atomic mass is 19.1. The van der Waals surface area contributed by atoms with Crippen molar-refractivity contribution >= 4 is 11.9 Å². The van der Waals surface area contributed by atoms with Gasteiger partial charge in [-0.25, -0.2) is 4.39 Å². The summed E-state index contributed by atoms with van der Waals surface area (Å²) in [6, 6.07) is 6.61. The first-order chi connectivity index (χ1) is 10.5. The van der Waals surface area contributed by atoms with Crippen LogP contribution in [0.2, 0.25) is 0 Å². The number of nitrogens with zero attached hydrogens (tertiary/aromatic N) is 4. The van der Waals surface area contributed by atoms with Crippen LogP contribution in [-0.2, 0) is 6.42 Å². The number of aromatic nitrogens is 3. The van der Waals surface area contributed by atoms with Crippen molar-refractivity contribution in [2.45, 2.75) is 26.2 Å². The predicted molar refractivity (Wildman–Crippen MR) is 86.8 cm³/mol. The highest BCUT2D eigenvalue weighted by Gasteiger charge is 2.10. The van der Waals surface area contributed by atoms with Crippen LogP contribution in [0.4, 0.5) is 16.3 Å². The fourth-order valence-electron chi connectivity index (χ4n) is 1.93. The molecule has 0 fully saturated rings. The quantitative estimate of drug-likeness (QED) is 0.889. The second kappa shape index (κ2) is 7.15. The van der Waals surface area contributed by atoms with Crippen molar-refractivity contribution in [1.82, 2.24) is 15.0 Å². The molecule has 6 heteroatoms. The second-order valence-corrected chi connectivity index (χ2v) is 5.67. The number of anilines is 2. The van der Waals surface area contributed by atoms with Crippen LogP contribution in [0.3, 0.4) is 0 Å². The normalized spacial score (nSPS) is 10.8. The molecule has 0 radical (unpaired) electrons. The van der Waals surface area contributed by atoms with E-state index in [0.29, 0.717) is 24.9 Å². The van der Waals surface area contributed by atoms with E-state index in [1.54, 1.807) is 12.1 Å². The van der Waals surface area contributed by atoms with E-state index in [4.69, 9.17) is 0 Å². The molecular weight excluding hydrogens is 281 g/mol. The van der Waals surface area contributed by atoms with Crippen LogP contribution in [0.15, 0.2) is 24.3 Å². The van der Waals surface area contributed by atoms with E-state index in [1.165, 1.54) is 6.07 Å². The van der Waals surface area contributed by atoms with Crippen molar-refractivity contribution in [1.29, 1.82) is 0 Å². The smallest absolute Gasteiger partial charge is 0.229 e. The zero-order chi connectivity index (χ0) is 16.1. The molecule has 0 aliphatic carbocycles. The van der Waals surface area contributed by atoms with E-state index in [9.17, 15) is 4.39 Å². The molecule has 0 amide bonds. The monoisotopic (exact) mass is 303 g/mol. The van der Waals surface area contributed by atoms with Gasteiger partial charge >= 0.3 is 0 Å². The van der Waals surface area contributed by atoms with Gasteiger partial charge < -0.3 is 10.2 Å². The standard InChI is InChI=1S/C16H22FN5/c1-11(2)14-19-15(21-16(20-14)22(3)4)18-9-8-12-6-5-7-13(17)10-12/h5-7,10-11H,8-9H2,1-4H3,(H,18,19,20,21). The lowest BCUT2D eigenvalue weighted by molar-refractivity contribution is 0.625. The first kappa shape index (κ1) is 16.1. The summed E-state index contributed by atoms with van der Waals surface area (Å²) in [4.78, 5) is 15.1. The SMILES string of the molecule is CC(C)c1nc(NCCc2cccc(F)c2)nc(N(C)C)n1. The number of hydrogen-bond donors (Lipinski definition) is 1. The van der Waals surface area contributed by atoms with Crippen molar-refractivity contribution in [2.75, 3.05) is 30.9 Å². The Morgan fingerprint density at radius 2 is 1.95 bits per heavy atom. The van der Waals surface area contributed by atoms with Crippen LogP contribution in [0.1, 0.15) is 31.2 Å². The van der Waals surface area contributed by atoms with Crippen molar-refractivity contribution in [2.24, 2.45) is 0 Å². The third-order valence-corrected chi connectivity index (χ3v) is 3.14. The van der Waals surface area contributed by atoms with Crippen molar-refractivity contribution in [3.63, 3.8) is 0 Å². The molecule has 0 saturated heterocycles. The van der Waals surface area contributed by atoms with Gasteiger partial charge in [0.25, 0.3) is 0 Å². The Kier molecular flexibility index (Phi) is 5.25. The van der Waals surface area contributed by atoms with Gasteiger partial charge in [0, 0.05) is 26.6 Å². The lowest BCUT2D eigenvalue weighted by Gasteiger charge is -2.14. The van der Waals surface area contributed by atoms with Gasteiger partial charge in [0.05, 0.1) is 0 Å². The van der Waals surface area contributed by atoms with E-state index in [0.717, 1.165) is 11.4 Å². The molecule has 1 N–H and O–H groups in total. The van der Waals surface area contributed by atoms with E-state index in [1.807, 2.05) is 38.9 Å². The van der Waals surface area contributed by atoms with Crippen LogP contribution in [-0.4, -0.2) is 35.6 Å². The summed E-state index contributed by atoms with van der Waals surface area (Å²) in [5.41, 5.74) is 0.943. The summed E-state index contributed by atoms with van der Waals surface area (Å²) >= 11 is 0. The molecule has 22 heavy (non-hydrogen) atoms. The zero-order valence-electron chi connectivity index (χ0n) is 13.5. The molecule has 1 aromatic heterocycles. The lowest BCUT2D eigenvalue weighted by Crippen LogP contribution is -2.18. The van der Waals surface area contributed by atoms with Crippen LogP contribution in [0, 0.1) is 5.82 Å². The topological polar surface area (TPSA) is 53.9 Å². The summed E-state index contributed by atoms with van der Waals surface area (Å²) in [6.07, 6.45) is 0.706. The minimum atomic E-state index is -0.213. The number of benzene rings is 1. The Hall–Kier alpha value is -2.24. The fourth-order valence-corrected chi connectivity index (χ4v) is 1.93.